The Morgan fingerprint density at radius 3 is 2.56 bits per heavy atom. The van der Waals surface area contributed by atoms with Crippen LogP contribution in [0, 0.1) is 12.8 Å². The summed E-state index contributed by atoms with van der Waals surface area (Å²) in [5.74, 6) is -0.533. The molecule has 39 heavy (non-hydrogen) atoms. The number of carbonyl (C=O) groups excluding carboxylic acids is 1. The van der Waals surface area contributed by atoms with Crippen LogP contribution in [0.25, 0.3) is 11.4 Å². The topological polar surface area (TPSA) is 134 Å². The SMILES string of the molecule is CO[C@H]1CN(c2nc(-c3cnc(N4CCOCC4)cn3)c(C(=O)O)s2)CC[C@H]1CC(=O)c1[nH]c(C)c(Cl)c1Cl. The Morgan fingerprint density at radius 2 is 1.95 bits per heavy atom. The molecular formula is C25H28Cl2N6O5S. The van der Waals surface area contributed by atoms with Gasteiger partial charge in [-0.25, -0.2) is 19.7 Å². The summed E-state index contributed by atoms with van der Waals surface area (Å²) in [7, 11) is 1.61. The fourth-order valence-electron chi connectivity index (χ4n) is 4.91. The van der Waals surface area contributed by atoms with Gasteiger partial charge < -0.3 is 29.4 Å². The summed E-state index contributed by atoms with van der Waals surface area (Å²) in [5, 5.41) is 11.0. The molecule has 14 heteroatoms. The number of carbonyl (C=O) groups is 2. The lowest BCUT2D eigenvalue weighted by molar-refractivity contribution is 0.0375. The number of halogens is 2. The van der Waals surface area contributed by atoms with Gasteiger partial charge in [-0.2, -0.15) is 0 Å². The molecule has 0 saturated carbocycles. The molecule has 208 valence electrons. The third kappa shape index (κ3) is 5.75. The Bertz CT molecular complexity index is 1360. The zero-order chi connectivity index (χ0) is 27.7. The largest absolute Gasteiger partial charge is 0.477 e. The Balaban J connectivity index is 1.31. The van der Waals surface area contributed by atoms with E-state index in [2.05, 4.69) is 24.8 Å². The van der Waals surface area contributed by atoms with Gasteiger partial charge in [-0.3, -0.25) is 4.79 Å². The fraction of sp³-hybridized carbons (Fsp3) is 0.480. The molecule has 2 N–H and O–H groups in total. The summed E-state index contributed by atoms with van der Waals surface area (Å²) in [5.41, 5.74) is 1.64. The number of nitrogens with zero attached hydrogens (tertiary/aromatic N) is 5. The second-order valence-corrected chi connectivity index (χ2v) is 11.2. The zero-order valence-corrected chi connectivity index (χ0v) is 23.8. The molecule has 0 spiro atoms. The molecule has 11 nitrogen and oxygen atoms in total. The summed E-state index contributed by atoms with van der Waals surface area (Å²) >= 11 is 13.5. The Labute approximate surface area is 239 Å². The minimum Gasteiger partial charge on any atom is -0.477 e. The maximum absolute atomic E-state index is 13.0. The number of piperidine rings is 1. The zero-order valence-electron chi connectivity index (χ0n) is 21.4. The summed E-state index contributed by atoms with van der Waals surface area (Å²) in [6, 6.07) is 0. The van der Waals surface area contributed by atoms with Crippen LogP contribution >= 0.6 is 34.5 Å². The highest BCUT2D eigenvalue weighted by Gasteiger charge is 2.34. The molecule has 2 saturated heterocycles. The van der Waals surface area contributed by atoms with Crippen LogP contribution in [0.2, 0.25) is 10.0 Å². The average molecular weight is 596 g/mol. The molecule has 0 aromatic carbocycles. The highest BCUT2D eigenvalue weighted by atomic mass is 35.5. The summed E-state index contributed by atoms with van der Waals surface area (Å²) in [6.07, 6.45) is 3.84. The number of rotatable bonds is 8. The number of hydrogen-bond acceptors (Lipinski definition) is 10. The molecule has 3 aromatic heterocycles. The van der Waals surface area contributed by atoms with Gasteiger partial charge in [-0.1, -0.05) is 34.5 Å². The molecule has 0 unspecified atom stereocenters. The van der Waals surface area contributed by atoms with E-state index < -0.39 is 5.97 Å². The van der Waals surface area contributed by atoms with Crippen LogP contribution in [0.4, 0.5) is 10.9 Å². The summed E-state index contributed by atoms with van der Waals surface area (Å²) in [4.78, 5) is 45.8. The molecule has 0 bridgehead atoms. The number of ether oxygens (including phenoxy) is 2. The Hall–Kier alpha value is -2.77. The molecule has 5 rings (SSSR count). The predicted octanol–water partition coefficient (Wildman–Crippen LogP) is 4.19. The van der Waals surface area contributed by atoms with Gasteiger partial charge >= 0.3 is 5.97 Å². The molecule has 5 heterocycles. The Kier molecular flexibility index (Phi) is 8.38. The number of H-pyrrole nitrogens is 1. The van der Waals surface area contributed by atoms with Crippen molar-refractivity contribution in [2.24, 2.45) is 5.92 Å². The first kappa shape index (κ1) is 27.8. The van der Waals surface area contributed by atoms with Gasteiger partial charge in [-0.05, 0) is 19.3 Å². The van der Waals surface area contributed by atoms with E-state index in [4.69, 9.17) is 32.7 Å². The minimum atomic E-state index is -1.08. The predicted molar refractivity (Wildman–Crippen MR) is 149 cm³/mol. The lowest BCUT2D eigenvalue weighted by Gasteiger charge is -2.37. The number of carboxylic acids is 1. The van der Waals surface area contributed by atoms with Crippen LogP contribution in [0.3, 0.4) is 0 Å². The first-order valence-corrected chi connectivity index (χ1v) is 14.1. The summed E-state index contributed by atoms with van der Waals surface area (Å²) < 4.78 is 11.1. The highest BCUT2D eigenvalue weighted by Crippen LogP contribution is 2.36. The molecule has 3 aromatic rings. The van der Waals surface area contributed by atoms with Crippen molar-refractivity contribution in [1.82, 2.24) is 19.9 Å². The number of hydrogen-bond donors (Lipinski definition) is 2. The van der Waals surface area contributed by atoms with Gasteiger partial charge in [-0.15, -0.1) is 0 Å². The number of anilines is 2. The molecule has 0 aliphatic carbocycles. The van der Waals surface area contributed by atoms with E-state index in [9.17, 15) is 14.7 Å². The van der Waals surface area contributed by atoms with Gasteiger partial charge in [0.15, 0.2) is 10.9 Å². The monoisotopic (exact) mass is 594 g/mol. The third-order valence-corrected chi connectivity index (χ3v) is 9.13. The number of Topliss-reactive ketones (excluding diaryl/α,β-unsaturated/α-hetero) is 1. The number of aryl methyl sites for hydroxylation is 1. The van der Waals surface area contributed by atoms with Crippen LogP contribution < -0.4 is 9.80 Å². The van der Waals surface area contributed by atoms with Crippen LogP contribution in [0.5, 0.6) is 0 Å². The number of aromatic carboxylic acids is 1. The smallest absolute Gasteiger partial charge is 0.348 e. The van der Waals surface area contributed by atoms with Gasteiger partial charge in [0.1, 0.15) is 27.8 Å². The number of methoxy groups -OCH3 is 1. The lowest BCUT2D eigenvalue weighted by atomic mass is 9.88. The number of thiazole rings is 1. The van der Waals surface area contributed by atoms with Crippen molar-refractivity contribution in [1.29, 1.82) is 0 Å². The molecule has 2 aliphatic heterocycles. The number of morpholine rings is 1. The quantitative estimate of drug-likeness (QED) is 0.365. The van der Waals surface area contributed by atoms with Crippen LogP contribution in [-0.2, 0) is 9.47 Å². The number of carboxylic acid groups (broad SMARTS) is 1. The van der Waals surface area contributed by atoms with Crippen molar-refractivity contribution >= 4 is 57.2 Å². The molecule has 2 atom stereocenters. The van der Waals surface area contributed by atoms with E-state index in [0.29, 0.717) is 65.8 Å². The van der Waals surface area contributed by atoms with Gasteiger partial charge in [0.05, 0.1) is 41.8 Å². The van der Waals surface area contributed by atoms with E-state index >= 15 is 0 Å². The van der Waals surface area contributed by atoms with Crippen molar-refractivity contribution in [3.8, 4) is 11.4 Å². The van der Waals surface area contributed by atoms with Crippen molar-refractivity contribution < 1.29 is 24.2 Å². The van der Waals surface area contributed by atoms with Crippen molar-refractivity contribution in [3.05, 3.63) is 38.7 Å². The maximum Gasteiger partial charge on any atom is 0.348 e. The van der Waals surface area contributed by atoms with Crippen molar-refractivity contribution in [3.63, 3.8) is 0 Å². The maximum atomic E-state index is 13.0. The Morgan fingerprint density at radius 1 is 1.18 bits per heavy atom. The van der Waals surface area contributed by atoms with Crippen LogP contribution in [0.15, 0.2) is 12.4 Å². The highest BCUT2D eigenvalue weighted by molar-refractivity contribution is 7.17. The number of aromatic nitrogens is 4. The van der Waals surface area contributed by atoms with Crippen molar-refractivity contribution in [2.75, 3.05) is 56.3 Å². The molecule has 2 aliphatic rings. The second-order valence-electron chi connectivity index (χ2n) is 9.49. The number of ketones is 1. The van der Waals surface area contributed by atoms with Crippen LogP contribution in [0.1, 0.15) is 38.7 Å². The molecule has 0 amide bonds. The molecule has 2 fully saturated rings. The van der Waals surface area contributed by atoms with E-state index in [0.717, 1.165) is 24.4 Å². The molecular weight excluding hydrogens is 567 g/mol. The average Bonchev–Trinajstić information content (AvgIpc) is 3.51. The standard InChI is InChI=1S/C25H28Cl2N6O5S/c1-13-19(26)20(27)22(30-13)16(34)9-14-3-4-33(12-17(14)37-2)25-31-21(23(39-25)24(35)36)15-10-29-18(11-28-15)32-5-7-38-8-6-32/h10-11,14,17,30H,3-9,12H2,1-2H3,(H,35,36)/t14-,17-/m0/s1. The third-order valence-electron chi connectivity index (χ3n) is 7.08. The molecule has 0 radical (unpaired) electrons. The van der Waals surface area contributed by atoms with Gasteiger partial charge in [0, 0.05) is 45.4 Å². The fourth-order valence-corrected chi connectivity index (χ4v) is 6.29. The van der Waals surface area contributed by atoms with E-state index in [1.54, 1.807) is 26.4 Å². The van der Waals surface area contributed by atoms with Gasteiger partial charge in [0.2, 0.25) is 0 Å². The minimum absolute atomic E-state index is 0.0471. The van der Waals surface area contributed by atoms with E-state index in [1.807, 2.05) is 4.90 Å². The van der Waals surface area contributed by atoms with E-state index in [1.165, 1.54) is 0 Å². The van der Waals surface area contributed by atoms with E-state index in [-0.39, 0.29) is 39.8 Å². The first-order chi connectivity index (χ1) is 18.8. The van der Waals surface area contributed by atoms with Gasteiger partial charge in [0.25, 0.3) is 0 Å². The second kappa shape index (κ2) is 11.8. The lowest BCUT2D eigenvalue weighted by Crippen LogP contribution is -2.45. The summed E-state index contributed by atoms with van der Waals surface area (Å²) in [6.45, 7) is 5.52. The van der Waals surface area contributed by atoms with Crippen molar-refractivity contribution in [2.45, 2.75) is 25.9 Å². The number of aromatic amines is 1. The first-order valence-electron chi connectivity index (χ1n) is 12.5. The van der Waals surface area contributed by atoms with Crippen LogP contribution in [-0.4, -0.2) is 89.4 Å². The normalized spacial score (nSPS) is 19.9. The number of nitrogens with one attached hydrogen (secondary N) is 1.